The molecule has 0 aliphatic carbocycles. The van der Waals surface area contributed by atoms with Gasteiger partial charge < -0.3 is 0 Å². The van der Waals surface area contributed by atoms with Crippen molar-refractivity contribution in [3.8, 4) is 0 Å². The van der Waals surface area contributed by atoms with E-state index in [0.29, 0.717) is 0 Å². The van der Waals surface area contributed by atoms with Crippen LogP contribution in [-0.4, -0.2) is 0 Å². The van der Waals surface area contributed by atoms with Gasteiger partial charge in [0.2, 0.25) is 0 Å². The fourth-order valence-electron chi connectivity index (χ4n) is 1.41. The van der Waals surface area contributed by atoms with Gasteiger partial charge in [-0.25, -0.2) is 0 Å². The predicted molar refractivity (Wildman–Crippen MR) is 61.2 cm³/mol. The third kappa shape index (κ3) is 3.63. The molecule has 0 aliphatic heterocycles. The van der Waals surface area contributed by atoms with Crippen LogP contribution < -0.4 is 0 Å². The molecular formula is C13H22. The van der Waals surface area contributed by atoms with Crippen LogP contribution in [-0.2, 0) is 5.41 Å². The number of rotatable bonds is 0. The molecule has 0 spiro atoms. The van der Waals surface area contributed by atoms with Gasteiger partial charge in [0.05, 0.1) is 0 Å². The van der Waals surface area contributed by atoms with E-state index < -0.39 is 0 Å². The predicted octanol–water partition coefficient (Wildman–Crippen LogP) is 4.32. The molecule has 0 radical (unpaired) electrons. The topological polar surface area (TPSA) is 0 Å². The highest BCUT2D eigenvalue weighted by atomic mass is 14.2. The van der Waals surface area contributed by atoms with Crippen molar-refractivity contribution in [1.29, 1.82) is 0 Å². The van der Waals surface area contributed by atoms with E-state index in [2.05, 4.69) is 52.0 Å². The van der Waals surface area contributed by atoms with Gasteiger partial charge >= 0.3 is 0 Å². The summed E-state index contributed by atoms with van der Waals surface area (Å²) in [5.74, 6) is 0. The Kier molecular flexibility index (Phi) is 4.76. The van der Waals surface area contributed by atoms with Crippen molar-refractivity contribution in [1.82, 2.24) is 0 Å². The summed E-state index contributed by atoms with van der Waals surface area (Å²) in [7, 11) is 0. The quantitative estimate of drug-likeness (QED) is 0.555. The summed E-state index contributed by atoms with van der Waals surface area (Å²) in [5, 5.41) is 0. The number of aryl methyl sites for hydroxylation is 1. The van der Waals surface area contributed by atoms with E-state index in [4.69, 9.17) is 0 Å². The normalized spacial score (nSPS) is 10.3. The maximum atomic E-state index is 2.25. The Morgan fingerprint density at radius 1 is 0.923 bits per heavy atom. The summed E-state index contributed by atoms with van der Waals surface area (Å²) in [4.78, 5) is 0. The van der Waals surface area contributed by atoms with Crippen LogP contribution in [0.3, 0.4) is 0 Å². The molecule has 0 saturated carbocycles. The molecule has 0 atom stereocenters. The van der Waals surface area contributed by atoms with Gasteiger partial charge in [-0.3, -0.25) is 0 Å². The van der Waals surface area contributed by atoms with Crippen LogP contribution in [0, 0.1) is 6.92 Å². The molecule has 1 aromatic rings. The zero-order chi connectivity index (χ0) is 10.5. The summed E-state index contributed by atoms with van der Waals surface area (Å²) in [6.45, 7) is 12.9. The van der Waals surface area contributed by atoms with Gasteiger partial charge in [0.25, 0.3) is 0 Å². The van der Waals surface area contributed by atoms with Crippen molar-refractivity contribution in [3.05, 3.63) is 35.4 Å². The van der Waals surface area contributed by atoms with Gasteiger partial charge in [0.15, 0.2) is 0 Å². The molecule has 0 N–H and O–H groups in total. The fraction of sp³-hybridized carbons (Fsp3) is 0.538. The molecule has 0 saturated heterocycles. The maximum Gasteiger partial charge on any atom is -0.0129 e. The van der Waals surface area contributed by atoms with Crippen molar-refractivity contribution in [2.45, 2.75) is 47.0 Å². The highest BCUT2D eigenvalue weighted by Crippen LogP contribution is 2.24. The molecule has 1 aromatic carbocycles. The van der Waals surface area contributed by atoms with E-state index in [-0.39, 0.29) is 5.41 Å². The first kappa shape index (κ1) is 12.2. The number of hydrogen-bond donors (Lipinski definition) is 0. The average molecular weight is 178 g/mol. The molecule has 74 valence electrons. The van der Waals surface area contributed by atoms with Crippen LogP contribution in [0.2, 0.25) is 0 Å². The van der Waals surface area contributed by atoms with Gasteiger partial charge in [-0.15, -0.1) is 0 Å². The lowest BCUT2D eigenvalue weighted by Crippen LogP contribution is -2.12. The maximum absolute atomic E-state index is 2.25. The highest BCUT2D eigenvalue weighted by molar-refractivity contribution is 5.31. The van der Waals surface area contributed by atoms with Gasteiger partial charge in [0.1, 0.15) is 0 Å². The summed E-state index contributed by atoms with van der Waals surface area (Å²) >= 11 is 0. The summed E-state index contributed by atoms with van der Waals surface area (Å²) < 4.78 is 0. The molecule has 0 nitrogen and oxygen atoms in total. The molecule has 0 heteroatoms. The third-order valence-corrected chi connectivity index (χ3v) is 1.95. The minimum Gasteiger partial charge on any atom is -0.0683 e. The van der Waals surface area contributed by atoms with Crippen molar-refractivity contribution in [3.63, 3.8) is 0 Å². The zero-order valence-corrected chi connectivity index (χ0v) is 9.81. The smallest absolute Gasteiger partial charge is 0.0129 e. The molecule has 0 bridgehead atoms. The Labute approximate surface area is 83.0 Å². The standard InChI is InChI=1S/C11H16.C2H6/c1-9-7-5-6-8-10(9)11(2,3)4;1-2/h5-8H,1-4H3;1-2H3. The highest BCUT2D eigenvalue weighted by Gasteiger charge is 2.14. The lowest BCUT2D eigenvalue weighted by molar-refractivity contribution is 0.586. The van der Waals surface area contributed by atoms with Crippen LogP contribution in [0.5, 0.6) is 0 Å². The molecule has 1 rings (SSSR count). The molecule has 0 fully saturated rings. The largest absolute Gasteiger partial charge is 0.0683 e. The van der Waals surface area contributed by atoms with Crippen molar-refractivity contribution < 1.29 is 0 Å². The Balaban J connectivity index is 0.000000671. The minimum atomic E-state index is 0.283. The van der Waals surface area contributed by atoms with E-state index >= 15 is 0 Å². The number of hydrogen-bond acceptors (Lipinski definition) is 0. The van der Waals surface area contributed by atoms with Crippen LogP contribution >= 0.6 is 0 Å². The second-order valence-corrected chi connectivity index (χ2v) is 4.06. The van der Waals surface area contributed by atoms with Crippen molar-refractivity contribution >= 4 is 0 Å². The van der Waals surface area contributed by atoms with E-state index in [0.717, 1.165) is 0 Å². The average Bonchev–Trinajstić information content (AvgIpc) is 2.07. The molecule has 0 heterocycles. The summed E-state index contributed by atoms with van der Waals surface area (Å²) in [6, 6.07) is 8.56. The van der Waals surface area contributed by atoms with E-state index in [1.807, 2.05) is 13.8 Å². The molecular weight excluding hydrogens is 156 g/mol. The fourth-order valence-corrected chi connectivity index (χ4v) is 1.41. The molecule has 0 amide bonds. The second-order valence-electron chi connectivity index (χ2n) is 4.06. The molecule has 0 unspecified atom stereocenters. The van der Waals surface area contributed by atoms with Gasteiger partial charge in [-0.1, -0.05) is 58.9 Å². The molecule has 0 aromatic heterocycles. The van der Waals surface area contributed by atoms with Gasteiger partial charge in [0, 0.05) is 0 Å². The summed E-state index contributed by atoms with van der Waals surface area (Å²) in [5.41, 5.74) is 3.12. The minimum absolute atomic E-state index is 0.283. The number of benzene rings is 1. The first-order valence-electron chi connectivity index (χ1n) is 5.08. The molecule has 0 aliphatic rings. The lowest BCUT2D eigenvalue weighted by atomic mass is 9.84. The third-order valence-electron chi connectivity index (χ3n) is 1.95. The van der Waals surface area contributed by atoms with Crippen molar-refractivity contribution in [2.24, 2.45) is 0 Å². The molecule has 13 heavy (non-hydrogen) atoms. The SMILES string of the molecule is CC.Cc1ccccc1C(C)(C)C. The monoisotopic (exact) mass is 178 g/mol. The lowest BCUT2D eigenvalue weighted by Gasteiger charge is -2.21. The van der Waals surface area contributed by atoms with E-state index in [1.54, 1.807) is 0 Å². The zero-order valence-electron chi connectivity index (χ0n) is 9.81. The van der Waals surface area contributed by atoms with E-state index in [1.165, 1.54) is 11.1 Å². The Morgan fingerprint density at radius 3 is 1.69 bits per heavy atom. The first-order valence-corrected chi connectivity index (χ1v) is 5.08. The van der Waals surface area contributed by atoms with Crippen LogP contribution in [0.1, 0.15) is 45.7 Å². The summed E-state index contributed by atoms with van der Waals surface area (Å²) in [6.07, 6.45) is 0. The van der Waals surface area contributed by atoms with Crippen LogP contribution in [0.4, 0.5) is 0 Å². The Hall–Kier alpha value is -0.780. The van der Waals surface area contributed by atoms with Crippen LogP contribution in [0.25, 0.3) is 0 Å². The second kappa shape index (κ2) is 5.06. The Morgan fingerprint density at radius 2 is 1.38 bits per heavy atom. The van der Waals surface area contributed by atoms with Gasteiger partial charge in [-0.2, -0.15) is 0 Å². The van der Waals surface area contributed by atoms with Crippen LogP contribution in [0.15, 0.2) is 24.3 Å². The van der Waals surface area contributed by atoms with Gasteiger partial charge in [-0.05, 0) is 23.5 Å². The first-order chi connectivity index (χ1) is 6.02. The Bertz CT molecular complexity index is 240. The van der Waals surface area contributed by atoms with Crippen molar-refractivity contribution in [2.75, 3.05) is 0 Å². The van der Waals surface area contributed by atoms with E-state index in [9.17, 15) is 0 Å².